The number of halogens is 1. The Kier molecular flexibility index (Phi) is 2.56. The van der Waals surface area contributed by atoms with Crippen LogP contribution in [0.1, 0.15) is 36.4 Å². The Balaban J connectivity index is 1.92. The predicted octanol–water partition coefficient (Wildman–Crippen LogP) is 3.07. The molecular weight excluding hydrogens is 222 g/mol. The summed E-state index contributed by atoms with van der Waals surface area (Å²) in [6.45, 7) is 0.763. The Labute approximate surface area is 101 Å². The van der Waals surface area contributed by atoms with Crippen molar-refractivity contribution >= 4 is 11.6 Å². The van der Waals surface area contributed by atoms with E-state index in [0.717, 1.165) is 41.7 Å². The summed E-state index contributed by atoms with van der Waals surface area (Å²) in [7, 11) is 0. The fourth-order valence-electron chi connectivity index (χ4n) is 2.41. The van der Waals surface area contributed by atoms with Crippen LogP contribution in [-0.2, 0) is 6.42 Å². The van der Waals surface area contributed by atoms with Gasteiger partial charge in [0.1, 0.15) is 5.75 Å². The van der Waals surface area contributed by atoms with Gasteiger partial charge in [-0.2, -0.15) is 0 Å². The van der Waals surface area contributed by atoms with Crippen LogP contribution in [0, 0.1) is 5.92 Å². The number of hydrogen-bond acceptors (Lipinski definition) is 2. The average molecular weight is 238 g/mol. The van der Waals surface area contributed by atoms with E-state index in [-0.39, 0.29) is 6.04 Å². The van der Waals surface area contributed by atoms with Gasteiger partial charge in [-0.25, -0.2) is 0 Å². The lowest BCUT2D eigenvalue weighted by Gasteiger charge is -2.15. The Hall–Kier alpha value is -0.730. The van der Waals surface area contributed by atoms with E-state index < -0.39 is 0 Å². The highest BCUT2D eigenvalue weighted by atomic mass is 35.5. The molecule has 1 fully saturated rings. The third-order valence-corrected chi connectivity index (χ3v) is 3.68. The maximum absolute atomic E-state index is 6.24. The van der Waals surface area contributed by atoms with E-state index in [1.165, 1.54) is 18.4 Å². The average Bonchev–Trinajstić information content (AvgIpc) is 2.93. The van der Waals surface area contributed by atoms with Crippen LogP contribution in [0.5, 0.6) is 5.75 Å². The summed E-state index contributed by atoms with van der Waals surface area (Å²) in [5.74, 6) is 1.82. The largest absolute Gasteiger partial charge is 0.493 e. The molecule has 86 valence electrons. The van der Waals surface area contributed by atoms with Crippen molar-refractivity contribution in [3.63, 3.8) is 0 Å². The molecule has 3 heteroatoms. The Morgan fingerprint density at radius 2 is 2.25 bits per heavy atom. The van der Waals surface area contributed by atoms with Gasteiger partial charge in [0.15, 0.2) is 0 Å². The third kappa shape index (κ3) is 1.92. The molecule has 0 bridgehead atoms. The van der Waals surface area contributed by atoms with Crippen molar-refractivity contribution in [2.24, 2.45) is 11.7 Å². The van der Waals surface area contributed by atoms with Crippen LogP contribution in [0.3, 0.4) is 0 Å². The molecular formula is C13H16ClNO. The highest BCUT2D eigenvalue weighted by Gasteiger charge is 2.27. The minimum Gasteiger partial charge on any atom is -0.493 e. The van der Waals surface area contributed by atoms with Crippen LogP contribution in [0.2, 0.25) is 5.02 Å². The van der Waals surface area contributed by atoms with Crippen molar-refractivity contribution in [3.8, 4) is 5.75 Å². The van der Waals surface area contributed by atoms with Crippen molar-refractivity contribution < 1.29 is 4.74 Å². The molecule has 2 aliphatic rings. The second kappa shape index (κ2) is 3.94. The van der Waals surface area contributed by atoms with E-state index in [4.69, 9.17) is 22.1 Å². The van der Waals surface area contributed by atoms with Crippen LogP contribution >= 0.6 is 11.6 Å². The third-order valence-electron chi connectivity index (χ3n) is 3.46. The lowest BCUT2D eigenvalue weighted by atomic mass is 9.98. The quantitative estimate of drug-likeness (QED) is 0.877. The molecule has 1 aromatic carbocycles. The molecule has 2 N–H and O–H groups in total. The van der Waals surface area contributed by atoms with Crippen LogP contribution in [0.15, 0.2) is 12.1 Å². The highest BCUT2D eigenvalue weighted by Crippen LogP contribution is 2.41. The van der Waals surface area contributed by atoms with Gasteiger partial charge in [0.05, 0.1) is 6.61 Å². The molecule has 0 amide bonds. The van der Waals surface area contributed by atoms with Gasteiger partial charge in [-0.15, -0.1) is 0 Å². The number of nitrogens with two attached hydrogens (primary N) is 1. The Bertz CT molecular complexity index is 415. The van der Waals surface area contributed by atoms with Gasteiger partial charge in [-0.3, -0.25) is 0 Å². The van der Waals surface area contributed by atoms with Gasteiger partial charge >= 0.3 is 0 Å². The van der Waals surface area contributed by atoms with Gasteiger partial charge in [0.25, 0.3) is 0 Å². The van der Waals surface area contributed by atoms with Crippen molar-refractivity contribution in [1.29, 1.82) is 0 Å². The lowest BCUT2D eigenvalue weighted by molar-refractivity contribution is 0.350. The zero-order valence-electron chi connectivity index (χ0n) is 9.21. The van der Waals surface area contributed by atoms with Crippen LogP contribution < -0.4 is 10.5 Å². The van der Waals surface area contributed by atoms with Gasteiger partial charge in [-0.1, -0.05) is 24.4 Å². The van der Waals surface area contributed by atoms with Gasteiger partial charge in [0, 0.05) is 23.0 Å². The summed E-state index contributed by atoms with van der Waals surface area (Å²) in [6, 6.07) is 4.05. The van der Waals surface area contributed by atoms with E-state index >= 15 is 0 Å². The molecule has 3 rings (SSSR count). The summed E-state index contributed by atoms with van der Waals surface area (Å²) in [5, 5.41) is 0.783. The molecule has 1 aliphatic carbocycles. The maximum atomic E-state index is 6.24. The minimum absolute atomic E-state index is 0.0815. The zero-order valence-corrected chi connectivity index (χ0v) is 9.96. The highest BCUT2D eigenvalue weighted by molar-refractivity contribution is 6.30. The second-order valence-corrected chi connectivity index (χ2v) is 5.30. The lowest BCUT2D eigenvalue weighted by Crippen LogP contribution is -2.12. The van der Waals surface area contributed by atoms with Gasteiger partial charge < -0.3 is 10.5 Å². The first-order valence-corrected chi connectivity index (χ1v) is 6.32. The van der Waals surface area contributed by atoms with Crippen LogP contribution in [-0.4, -0.2) is 6.61 Å². The van der Waals surface area contributed by atoms with Crippen molar-refractivity contribution in [1.82, 2.24) is 0 Å². The zero-order chi connectivity index (χ0) is 11.1. The molecule has 1 heterocycles. The molecule has 1 atom stereocenters. The molecule has 1 aliphatic heterocycles. The van der Waals surface area contributed by atoms with E-state index in [2.05, 4.69) is 0 Å². The summed E-state index contributed by atoms with van der Waals surface area (Å²) in [6.07, 6.45) is 4.68. The molecule has 1 saturated carbocycles. The van der Waals surface area contributed by atoms with E-state index in [0.29, 0.717) is 0 Å². The monoisotopic (exact) mass is 237 g/mol. The molecule has 0 spiro atoms. The summed E-state index contributed by atoms with van der Waals surface area (Å²) in [5.41, 5.74) is 8.56. The molecule has 1 unspecified atom stereocenters. The van der Waals surface area contributed by atoms with Gasteiger partial charge in [0.2, 0.25) is 0 Å². The first-order valence-electron chi connectivity index (χ1n) is 5.95. The van der Waals surface area contributed by atoms with Crippen LogP contribution in [0.4, 0.5) is 0 Å². The SMILES string of the molecule is NC(CC1CC1)c1cc(Cl)cc2c1OCC2. The molecule has 1 aromatic rings. The molecule has 0 radical (unpaired) electrons. The fraction of sp³-hybridized carbons (Fsp3) is 0.538. The van der Waals surface area contributed by atoms with Crippen LogP contribution in [0.25, 0.3) is 0 Å². The Morgan fingerprint density at radius 1 is 1.44 bits per heavy atom. The fourth-order valence-corrected chi connectivity index (χ4v) is 2.66. The van der Waals surface area contributed by atoms with Crippen molar-refractivity contribution in [3.05, 3.63) is 28.3 Å². The van der Waals surface area contributed by atoms with E-state index in [9.17, 15) is 0 Å². The van der Waals surface area contributed by atoms with Crippen molar-refractivity contribution in [2.75, 3.05) is 6.61 Å². The maximum Gasteiger partial charge on any atom is 0.127 e. The summed E-state index contributed by atoms with van der Waals surface area (Å²) in [4.78, 5) is 0. The Morgan fingerprint density at radius 3 is 3.00 bits per heavy atom. The topological polar surface area (TPSA) is 35.2 Å². The number of hydrogen-bond donors (Lipinski definition) is 1. The number of benzene rings is 1. The minimum atomic E-state index is 0.0815. The smallest absolute Gasteiger partial charge is 0.127 e. The predicted molar refractivity (Wildman–Crippen MR) is 64.9 cm³/mol. The summed E-state index contributed by atoms with van der Waals surface area (Å²) < 4.78 is 5.67. The second-order valence-electron chi connectivity index (χ2n) is 4.87. The first-order chi connectivity index (χ1) is 7.74. The number of fused-ring (bicyclic) bond motifs is 1. The molecule has 0 saturated heterocycles. The molecule has 16 heavy (non-hydrogen) atoms. The van der Waals surface area contributed by atoms with Gasteiger partial charge in [-0.05, 0) is 30.0 Å². The molecule has 0 aromatic heterocycles. The first kappa shape index (κ1) is 10.4. The normalized spacial score (nSPS) is 20.4. The van der Waals surface area contributed by atoms with E-state index in [1.807, 2.05) is 12.1 Å². The van der Waals surface area contributed by atoms with E-state index in [1.54, 1.807) is 0 Å². The number of rotatable bonds is 3. The molecule has 2 nitrogen and oxygen atoms in total. The summed E-state index contributed by atoms with van der Waals surface area (Å²) >= 11 is 6.11. The number of ether oxygens (including phenoxy) is 1. The van der Waals surface area contributed by atoms with Crippen molar-refractivity contribution in [2.45, 2.75) is 31.7 Å². The standard InChI is InChI=1S/C13H16ClNO/c14-10-6-9-3-4-16-13(9)11(7-10)12(15)5-8-1-2-8/h6-8,12H,1-5,15H2.